The lowest BCUT2D eigenvalue weighted by Gasteiger charge is -2.29. The fourth-order valence-electron chi connectivity index (χ4n) is 2.51. The van der Waals surface area contributed by atoms with Crippen LogP contribution in [0.25, 0.3) is 0 Å². The largest absolute Gasteiger partial charge is 0.103 e. The van der Waals surface area contributed by atoms with Crippen LogP contribution in [0.3, 0.4) is 0 Å². The van der Waals surface area contributed by atoms with Gasteiger partial charge in [-0.1, -0.05) is 64.1 Å². The molecule has 100 valence electrons. The molecule has 18 heavy (non-hydrogen) atoms. The highest BCUT2D eigenvalue weighted by Gasteiger charge is 2.21. The van der Waals surface area contributed by atoms with Gasteiger partial charge in [0.1, 0.15) is 0 Å². The molecule has 1 aromatic rings. The molecule has 0 saturated heterocycles. The van der Waals surface area contributed by atoms with Crippen molar-refractivity contribution in [1.82, 2.24) is 0 Å². The van der Waals surface area contributed by atoms with Crippen LogP contribution in [0.15, 0.2) is 43.0 Å². The van der Waals surface area contributed by atoms with E-state index in [0.717, 1.165) is 11.8 Å². The highest BCUT2D eigenvalue weighted by Crippen LogP contribution is 2.29. The Kier molecular flexibility index (Phi) is 6.18. The minimum Gasteiger partial charge on any atom is -0.103 e. The van der Waals surface area contributed by atoms with Gasteiger partial charge in [-0.05, 0) is 42.1 Å². The summed E-state index contributed by atoms with van der Waals surface area (Å²) in [6.45, 7) is 13.3. The van der Waals surface area contributed by atoms with Gasteiger partial charge in [-0.25, -0.2) is 0 Å². The van der Waals surface area contributed by atoms with E-state index >= 15 is 0 Å². The number of aryl methyl sites for hydroxylation is 1. The monoisotopic (exact) mass is 244 g/mol. The Morgan fingerprint density at radius 3 is 2.17 bits per heavy atom. The molecule has 0 heteroatoms. The molecular formula is C18H28. The van der Waals surface area contributed by atoms with Gasteiger partial charge in [0.25, 0.3) is 0 Å². The summed E-state index contributed by atoms with van der Waals surface area (Å²) in [7, 11) is 0. The maximum absolute atomic E-state index is 3.92. The second-order valence-electron chi connectivity index (χ2n) is 5.81. The van der Waals surface area contributed by atoms with Gasteiger partial charge in [0, 0.05) is 0 Å². The molecule has 1 aromatic carbocycles. The Balaban J connectivity index is 2.45. The molecule has 0 aliphatic carbocycles. The van der Waals surface area contributed by atoms with Gasteiger partial charge in [-0.2, -0.15) is 0 Å². The quantitative estimate of drug-likeness (QED) is 0.567. The molecule has 1 unspecified atom stereocenters. The number of hydrogen-bond acceptors (Lipinski definition) is 0. The maximum Gasteiger partial charge on any atom is -0.0236 e. The fraction of sp³-hybridized carbons (Fsp3) is 0.556. The van der Waals surface area contributed by atoms with E-state index in [2.05, 4.69) is 70.7 Å². The van der Waals surface area contributed by atoms with E-state index in [1.165, 1.54) is 18.4 Å². The van der Waals surface area contributed by atoms with Crippen molar-refractivity contribution in [2.24, 2.45) is 23.7 Å². The van der Waals surface area contributed by atoms with Crippen molar-refractivity contribution in [3.05, 3.63) is 48.6 Å². The summed E-state index contributed by atoms with van der Waals surface area (Å²) in [4.78, 5) is 0. The lowest BCUT2D eigenvalue weighted by molar-refractivity contribution is 0.228. The number of benzene rings is 1. The summed E-state index contributed by atoms with van der Waals surface area (Å²) >= 11 is 0. The van der Waals surface area contributed by atoms with Gasteiger partial charge >= 0.3 is 0 Å². The Bertz CT molecular complexity index is 338. The van der Waals surface area contributed by atoms with E-state index in [-0.39, 0.29) is 0 Å². The van der Waals surface area contributed by atoms with E-state index in [0.29, 0.717) is 11.8 Å². The van der Waals surface area contributed by atoms with Crippen LogP contribution in [0.4, 0.5) is 0 Å². The highest BCUT2D eigenvalue weighted by atomic mass is 14.3. The van der Waals surface area contributed by atoms with E-state index in [1.807, 2.05) is 0 Å². The average molecular weight is 244 g/mol. The van der Waals surface area contributed by atoms with E-state index < -0.39 is 0 Å². The minimum absolute atomic E-state index is 0.610. The van der Waals surface area contributed by atoms with Crippen molar-refractivity contribution >= 4 is 0 Å². The SMILES string of the molecule is C=C[C@H](C)C(C)[C@H](C)[C@@H](C)CCc1ccccc1. The summed E-state index contributed by atoms with van der Waals surface area (Å²) in [6, 6.07) is 10.8. The van der Waals surface area contributed by atoms with Gasteiger partial charge < -0.3 is 0 Å². The van der Waals surface area contributed by atoms with Crippen LogP contribution in [0.5, 0.6) is 0 Å². The van der Waals surface area contributed by atoms with Crippen molar-refractivity contribution in [3.63, 3.8) is 0 Å². The van der Waals surface area contributed by atoms with Crippen LogP contribution in [0.1, 0.15) is 39.7 Å². The second-order valence-corrected chi connectivity index (χ2v) is 5.81. The van der Waals surface area contributed by atoms with Crippen LogP contribution in [0, 0.1) is 23.7 Å². The fourth-order valence-corrected chi connectivity index (χ4v) is 2.51. The molecule has 0 spiro atoms. The zero-order valence-corrected chi connectivity index (χ0v) is 12.4. The smallest absolute Gasteiger partial charge is 0.0236 e. The zero-order chi connectivity index (χ0) is 13.5. The van der Waals surface area contributed by atoms with Crippen LogP contribution in [-0.2, 0) is 6.42 Å². The molecule has 0 aliphatic heterocycles. The van der Waals surface area contributed by atoms with Crippen molar-refractivity contribution in [3.8, 4) is 0 Å². The van der Waals surface area contributed by atoms with Gasteiger partial charge in [-0.3, -0.25) is 0 Å². The summed E-state index contributed by atoms with van der Waals surface area (Å²) < 4.78 is 0. The maximum atomic E-state index is 3.92. The predicted octanol–water partition coefficient (Wildman–Crippen LogP) is 5.35. The predicted molar refractivity (Wildman–Crippen MR) is 81.6 cm³/mol. The first-order valence-electron chi connectivity index (χ1n) is 7.22. The third kappa shape index (κ3) is 4.33. The minimum atomic E-state index is 0.610. The first-order valence-corrected chi connectivity index (χ1v) is 7.22. The molecule has 0 nitrogen and oxygen atoms in total. The molecule has 0 fully saturated rings. The highest BCUT2D eigenvalue weighted by molar-refractivity contribution is 5.14. The molecule has 0 saturated carbocycles. The lowest BCUT2D eigenvalue weighted by atomic mass is 9.76. The van der Waals surface area contributed by atoms with Crippen molar-refractivity contribution < 1.29 is 0 Å². The molecule has 0 amide bonds. The second kappa shape index (κ2) is 7.41. The molecule has 4 atom stereocenters. The number of allylic oxidation sites excluding steroid dienone is 1. The molecule has 0 aromatic heterocycles. The summed E-state index contributed by atoms with van der Waals surface area (Å²) in [5, 5.41) is 0. The molecule has 0 bridgehead atoms. The molecule has 0 aliphatic rings. The Morgan fingerprint density at radius 1 is 1.00 bits per heavy atom. The Hall–Kier alpha value is -1.04. The lowest BCUT2D eigenvalue weighted by Crippen LogP contribution is -2.21. The van der Waals surface area contributed by atoms with E-state index in [9.17, 15) is 0 Å². The molecule has 0 radical (unpaired) electrons. The topological polar surface area (TPSA) is 0 Å². The van der Waals surface area contributed by atoms with E-state index in [4.69, 9.17) is 0 Å². The summed E-state index contributed by atoms with van der Waals surface area (Å²) in [5.41, 5.74) is 1.46. The first-order chi connectivity index (χ1) is 8.56. The third-order valence-electron chi connectivity index (χ3n) is 4.66. The van der Waals surface area contributed by atoms with Crippen LogP contribution < -0.4 is 0 Å². The molecule has 0 heterocycles. The van der Waals surface area contributed by atoms with Gasteiger partial charge in [0.15, 0.2) is 0 Å². The number of rotatable bonds is 7. The van der Waals surface area contributed by atoms with Crippen molar-refractivity contribution in [2.75, 3.05) is 0 Å². The summed E-state index contributed by atoms with van der Waals surface area (Å²) in [5.74, 6) is 2.84. The number of hydrogen-bond donors (Lipinski definition) is 0. The van der Waals surface area contributed by atoms with Crippen LogP contribution >= 0.6 is 0 Å². The van der Waals surface area contributed by atoms with Crippen LogP contribution in [-0.4, -0.2) is 0 Å². The molecule has 1 rings (SSSR count). The van der Waals surface area contributed by atoms with E-state index in [1.54, 1.807) is 0 Å². The first kappa shape index (κ1) is 15.0. The average Bonchev–Trinajstić information content (AvgIpc) is 2.43. The van der Waals surface area contributed by atoms with Gasteiger partial charge in [0.05, 0.1) is 0 Å². The van der Waals surface area contributed by atoms with Gasteiger partial charge in [0.2, 0.25) is 0 Å². The molecular weight excluding hydrogens is 216 g/mol. The Morgan fingerprint density at radius 2 is 1.61 bits per heavy atom. The van der Waals surface area contributed by atoms with Crippen molar-refractivity contribution in [2.45, 2.75) is 40.5 Å². The third-order valence-corrected chi connectivity index (χ3v) is 4.66. The zero-order valence-electron chi connectivity index (χ0n) is 12.4. The Labute approximate surface area is 113 Å². The standard InChI is InChI=1S/C18H28/c1-6-14(2)16(4)17(5)15(3)12-13-18-10-8-7-9-11-18/h6-11,14-17H,1,12-13H2,2-5H3/t14-,15-,16?,17+/m0/s1. The van der Waals surface area contributed by atoms with Gasteiger partial charge in [-0.15, -0.1) is 6.58 Å². The molecule has 0 N–H and O–H groups in total. The van der Waals surface area contributed by atoms with Crippen LogP contribution in [0.2, 0.25) is 0 Å². The van der Waals surface area contributed by atoms with Crippen molar-refractivity contribution in [1.29, 1.82) is 0 Å². The summed E-state index contributed by atoms with van der Waals surface area (Å²) in [6.07, 6.45) is 4.56. The normalized spacial score (nSPS) is 17.8.